The number of carbonyl (C=O) groups is 1. The SMILES string of the molecule is CCc1[nH]nc(C(=O)N2CCC(Oc3ccc(Cl)cc3)CC2)c1Cl. The number of piperidine rings is 1. The van der Waals surface area contributed by atoms with Gasteiger partial charge >= 0.3 is 0 Å². The molecule has 2 heterocycles. The molecule has 2 aromatic rings. The average molecular weight is 368 g/mol. The highest BCUT2D eigenvalue weighted by Crippen LogP contribution is 2.24. The summed E-state index contributed by atoms with van der Waals surface area (Å²) in [6.07, 6.45) is 2.36. The number of likely N-dealkylation sites (tertiary alicyclic amines) is 1. The van der Waals surface area contributed by atoms with Gasteiger partial charge in [0.15, 0.2) is 5.69 Å². The first kappa shape index (κ1) is 17.1. The van der Waals surface area contributed by atoms with Gasteiger partial charge in [0, 0.05) is 31.0 Å². The van der Waals surface area contributed by atoms with E-state index >= 15 is 0 Å². The molecule has 0 atom stereocenters. The molecule has 0 radical (unpaired) electrons. The average Bonchev–Trinajstić information content (AvgIpc) is 2.97. The van der Waals surface area contributed by atoms with Gasteiger partial charge in [-0.15, -0.1) is 0 Å². The van der Waals surface area contributed by atoms with E-state index in [0.717, 1.165) is 30.7 Å². The summed E-state index contributed by atoms with van der Waals surface area (Å²) >= 11 is 12.1. The molecule has 1 aliphatic heterocycles. The normalized spacial score (nSPS) is 15.5. The summed E-state index contributed by atoms with van der Waals surface area (Å²) in [6, 6.07) is 7.33. The first-order valence-corrected chi connectivity index (χ1v) is 8.78. The summed E-state index contributed by atoms with van der Waals surface area (Å²) < 4.78 is 5.94. The van der Waals surface area contributed by atoms with E-state index in [0.29, 0.717) is 28.8 Å². The summed E-state index contributed by atoms with van der Waals surface area (Å²) in [5.74, 6) is 0.674. The van der Waals surface area contributed by atoms with Crippen LogP contribution in [0.4, 0.5) is 0 Å². The maximum absolute atomic E-state index is 12.6. The maximum atomic E-state index is 12.6. The van der Waals surface area contributed by atoms with Gasteiger partial charge in [-0.3, -0.25) is 9.89 Å². The van der Waals surface area contributed by atoms with Gasteiger partial charge in [0.05, 0.1) is 10.7 Å². The number of halogens is 2. The van der Waals surface area contributed by atoms with E-state index in [-0.39, 0.29) is 12.0 Å². The number of nitrogens with zero attached hydrogens (tertiary/aromatic N) is 2. The Balaban J connectivity index is 1.57. The monoisotopic (exact) mass is 367 g/mol. The van der Waals surface area contributed by atoms with E-state index in [1.165, 1.54) is 0 Å². The highest BCUT2D eigenvalue weighted by molar-refractivity contribution is 6.34. The van der Waals surface area contributed by atoms with E-state index in [4.69, 9.17) is 27.9 Å². The predicted octanol–water partition coefficient (Wildman–Crippen LogP) is 3.96. The van der Waals surface area contributed by atoms with Crippen molar-refractivity contribution in [1.82, 2.24) is 15.1 Å². The topological polar surface area (TPSA) is 58.2 Å². The van der Waals surface area contributed by atoms with Gasteiger partial charge in [-0.1, -0.05) is 30.1 Å². The molecule has 0 aliphatic carbocycles. The largest absolute Gasteiger partial charge is 0.490 e. The molecule has 1 saturated heterocycles. The van der Waals surface area contributed by atoms with Crippen molar-refractivity contribution in [2.75, 3.05) is 13.1 Å². The van der Waals surface area contributed by atoms with E-state index < -0.39 is 0 Å². The number of aromatic nitrogens is 2. The molecule has 0 bridgehead atoms. The molecule has 7 heteroatoms. The number of carbonyl (C=O) groups excluding carboxylic acids is 1. The van der Waals surface area contributed by atoms with Crippen LogP contribution in [0, 0.1) is 0 Å². The van der Waals surface area contributed by atoms with Gasteiger partial charge in [-0.25, -0.2) is 0 Å². The fourth-order valence-corrected chi connectivity index (χ4v) is 3.20. The second-order valence-electron chi connectivity index (χ2n) is 5.78. The lowest BCUT2D eigenvalue weighted by molar-refractivity contribution is 0.0590. The third kappa shape index (κ3) is 3.68. The molecule has 5 nitrogen and oxygen atoms in total. The van der Waals surface area contributed by atoms with E-state index in [2.05, 4.69) is 10.2 Å². The molecule has 1 N–H and O–H groups in total. The molecule has 1 amide bonds. The molecular formula is C17H19Cl2N3O2. The van der Waals surface area contributed by atoms with E-state index in [1.807, 2.05) is 19.1 Å². The molecule has 1 aromatic carbocycles. The predicted molar refractivity (Wildman–Crippen MR) is 94.0 cm³/mol. The number of nitrogens with one attached hydrogen (secondary N) is 1. The number of H-pyrrole nitrogens is 1. The maximum Gasteiger partial charge on any atom is 0.275 e. The third-order valence-corrected chi connectivity index (χ3v) is 4.84. The van der Waals surface area contributed by atoms with Gasteiger partial charge in [0.2, 0.25) is 0 Å². The molecule has 1 aromatic heterocycles. The van der Waals surface area contributed by atoms with Crippen molar-refractivity contribution in [3.63, 3.8) is 0 Å². The van der Waals surface area contributed by atoms with Crippen molar-refractivity contribution in [2.24, 2.45) is 0 Å². The number of rotatable bonds is 4. The molecule has 3 rings (SSSR count). The molecule has 128 valence electrons. The van der Waals surface area contributed by atoms with E-state index in [9.17, 15) is 4.79 Å². The molecule has 1 aliphatic rings. The zero-order chi connectivity index (χ0) is 17.1. The molecular weight excluding hydrogens is 349 g/mol. The van der Waals surface area contributed by atoms with Crippen molar-refractivity contribution in [3.8, 4) is 5.75 Å². The van der Waals surface area contributed by atoms with Crippen molar-refractivity contribution in [2.45, 2.75) is 32.3 Å². The number of hydrogen-bond acceptors (Lipinski definition) is 3. The Morgan fingerprint density at radius 1 is 1.29 bits per heavy atom. The molecule has 24 heavy (non-hydrogen) atoms. The molecule has 0 unspecified atom stereocenters. The second kappa shape index (κ2) is 7.45. The Morgan fingerprint density at radius 2 is 1.96 bits per heavy atom. The van der Waals surface area contributed by atoms with Crippen LogP contribution in [0.1, 0.15) is 35.9 Å². The summed E-state index contributed by atoms with van der Waals surface area (Å²) in [5.41, 5.74) is 1.10. The van der Waals surface area contributed by atoms with Gasteiger partial charge < -0.3 is 9.64 Å². The third-order valence-electron chi connectivity index (χ3n) is 4.18. The Morgan fingerprint density at radius 3 is 2.54 bits per heavy atom. The second-order valence-corrected chi connectivity index (χ2v) is 6.60. The minimum Gasteiger partial charge on any atom is -0.490 e. The zero-order valence-corrected chi connectivity index (χ0v) is 14.9. The fourth-order valence-electron chi connectivity index (χ4n) is 2.77. The van der Waals surface area contributed by atoms with Crippen molar-refractivity contribution >= 4 is 29.1 Å². The molecule has 1 fully saturated rings. The fraction of sp³-hybridized carbons (Fsp3) is 0.412. The first-order valence-electron chi connectivity index (χ1n) is 8.02. The zero-order valence-electron chi connectivity index (χ0n) is 13.4. The Bertz CT molecular complexity index is 707. The standard InChI is InChI=1S/C17H19Cl2N3O2/c1-2-14-15(19)16(21-20-14)17(23)22-9-7-13(8-10-22)24-12-5-3-11(18)4-6-12/h3-6,13H,2,7-10H2,1H3,(H,20,21). The van der Waals surface area contributed by atoms with Crippen LogP contribution < -0.4 is 4.74 Å². The lowest BCUT2D eigenvalue weighted by Crippen LogP contribution is -2.42. The van der Waals surface area contributed by atoms with Crippen LogP contribution in [-0.4, -0.2) is 40.2 Å². The number of benzene rings is 1. The number of aromatic amines is 1. The van der Waals surface area contributed by atoms with Crippen molar-refractivity contribution < 1.29 is 9.53 Å². The van der Waals surface area contributed by atoms with Gasteiger partial charge in [-0.2, -0.15) is 5.10 Å². The highest BCUT2D eigenvalue weighted by atomic mass is 35.5. The lowest BCUT2D eigenvalue weighted by Gasteiger charge is -2.31. The van der Waals surface area contributed by atoms with Crippen molar-refractivity contribution in [3.05, 3.63) is 45.7 Å². The minimum atomic E-state index is -0.124. The van der Waals surface area contributed by atoms with Crippen LogP contribution in [0.3, 0.4) is 0 Å². The lowest BCUT2D eigenvalue weighted by atomic mass is 10.1. The van der Waals surface area contributed by atoms with Crippen LogP contribution in [0.5, 0.6) is 5.75 Å². The Labute approximate surface area is 150 Å². The smallest absolute Gasteiger partial charge is 0.275 e. The summed E-state index contributed by atoms with van der Waals surface area (Å²) in [7, 11) is 0. The quantitative estimate of drug-likeness (QED) is 0.889. The number of aryl methyl sites for hydroxylation is 1. The van der Waals surface area contributed by atoms with E-state index in [1.54, 1.807) is 17.0 Å². The first-order chi connectivity index (χ1) is 11.6. The Hall–Kier alpha value is -1.72. The number of ether oxygens (including phenoxy) is 1. The van der Waals surface area contributed by atoms with Gasteiger partial charge in [0.1, 0.15) is 11.9 Å². The van der Waals surface area contributed by atoms with Crippen LogP contribution in [0.25, 0.3) is 0 Å². The molecule has 0 spiro atoms. The Kier molecular flexibility index (Phi) is 5.31. The van der Waals surface area contributed by atoms with Crippen LogP contribution in [0.2, 0.25) is 10.0 Å². The number of amides is 1. The summed E-state index contributed by atoms with van der Waals surface area (Å²) in [4.78, 5) is 14.3. The number of hydrogen-bond donors (Lipinski definition) is 1. The highest BCUT2D eigenvalue weighted by Gasteiger charge is 2.28. The van der Waals surface area contributed by atoms with Gasteiger partial charge in [0.25, 0.3) is 5.91 Å². The van der Waals surface area contributed by atoms with Crippen LogP contribution in [-0.2, 0) is 6.42 Å². The molecule has 0 saturated carbocycles. The summed E-state index contributed by atoms with van der Waals surface area (Å²) in [5, 5.41) is 8.01. The van der Waals surface area contributed by atoms with Crippen LogP contribution >= 0.6 is 23.2 Å². The van der Waals surface area contributed by atoms with Crippen molar-refractivity contribution in [1.29, 1.82) is 0 Å². The minimum absolute atomic E-state index is 0.0936. The van der Waals surface area contributed by atoms with Crippen LogP contribution in [0.15, 0.2) is 24.3 Å². The van der Waals surface area contributed by atoms with Gasteiger partial charge in [-0.05, 0) is 30.7 Å². The summed E-state index contributed by atoms with van der Waals surface area (Å²) in [6.45, 7) is 3.22.